The van der Waals surface area contributed by atoms with E-state index >= 15 is 0 Å². The number of nitrogens with one attached hydrogen (secondary N) is 1. The summed E-state index contributed by atoms with van der Waals surface area (Å²) in [6.07, 6.45) is 1.57. The molecule has 1 aliphatic rings. The third-order valence-electron chi connectivity index (χ3n) is 4.19. The third kappa shape index (κ3) is 3.62. The fourth-order valence-electron chi connectivity index (χ4n) is 2.83. The van der Waals surface area contributed by atoms with E-state index in [1.165, 1.54) is 0 Å². The highest BCUT2D eigenvalue weighted by Gasteiger charge is 2.26. The molecule has 0 atom stereocenters. The Morgan fingerprint density at radius 2 is 1.96 bits per heavy atom. The number of aromatic amines is 1. The van der Waals surface area contributed by atoms with Gasteiger partial charge in [0.1, 0.15) is 5.75 Å². The quantitative estimate of drug-likeness (QED) is 0.647. The molecule has 0 amide bonds. The van der Waals surface area contributed by atoms with Crippen molar-refractivity contribution in [3.05, 3.63) is 58.0 Å². The van der Waals surface area contributed by atoms with Crippen LogP contribution in [0.15, 0.2) is 35.0 Å². The number of carbonyl (C=O) groups is 2. The van der Waals surface area contributed by atoms with E-state index in [9.17, 15) is 9.59 Å². The van der Waals surface area contributed by atoms with Crippen LogP contribution >= 0.6 is 0 Å². The summed E-state index contributed by atoms with van der Waals surface area (Å²) >= 11 is 0. The van der Waals surface area contributed by atoms with Crippen LogP contribution in [0.25, 0.3) is 6.08 Å². The average Bonchev–Trinajstić information content (AvgIpc) is 3.15. The summed E-state index contributed by atoms with van der Waals surface area (Å²) in [7, 11) is 1.58. The summed E-state index contributed by atoms with van der Waals surface area (Å²) in [5.74, 6) is -0.0288. The summed E-state index contributed by atoms with van der Waals surface area (Å²) in [4.78, 5) is 31.7. The lowest BCUT2D eigenvalue weighted by Crippen LogP contribution is -2.06. The number of benzene rings is 1. The minimum absolute atomic E-state index is 0.153. The molecule has 3 rings (SSSR count). The number of H-pyrrole nitrogens is 1. The number of ether oxygens (including phenoxy) is 3. The van der Waals surface area contributed by atoms with E-state index < -0.39 is 11.9 Å². The van der Waals surface area contributed by atoms with E-state index in [4.69, 9.17) is 14.2 Å². The highest BCUT2D eigenvalue weighted by Crippen LogP contribution is 2.24. The van der Waals surface area contributed by atoms with E-state index in [-0.39, 0.29) is 11.6 Å². The second-order valence-electron chi connectivity index (χ2n) is 5.95. The Kier molecular flexibility index (Phi) is 5.12. The van der Waals surface area contributed by atoms with Crippen LogP contribution in [0.4, 0.5) is 0 Å². The Bertz CT molecular complexity index is 951. The third-order valence-corrected chi connectivity index (χ3v) is 4.19. The van der Waals surface area contributed by atoms with Crippen LogP contribution in [0.5, 0.6) is 5.75 Å². The number of rotatable bonds is 5. The molecule has 0 radical (unpaired) electrons. The predicted molar refractivity (Wildman–Crippen MR) is 99.8 cm³/mol. The molecule has 0 saturated carbocycles. The van der Waals surface area contributed by atoms with Crippen LogP contribution in [0.3, 0.4) is 0 Å². The number of hydrogen-bond acceptors (Lipinski definition) is 6. The number of carbonyl (C=O) groups excluding carboxylic acids is 2. The zero-order chi connectivity index (χ0) is 19.6. The second-order valence-corrected chi connectivity index (χ2v) is 5.95. The number of nitrogens with zero attached hydrogens (tertiary/aromatic N) is 1. The molecule has 0 unspecified atom stereocenters. The Morgan fingerprint density at radius 3 is 2.59 bits per heavy atom. The number of aryl methyl sites for hydroxylation is 1. The first-order valence-electron chi connectivity index (χ1n) is 8.47. The molecule has 1 N–H and O–H groups in total. The van der Waals surface area contributed by atoms with Crippen LogP contribution in [0.1, 0.15) is 39.8 Å². The normalized spacial score (nSPS) is 14.9. The standard InChI is InChI=1S/C20H20N2O5/c1-5-26-20(24)17-11(2)15(21-12(17)3)10-16-19(23)27-18(22-16)13-6-8-14(25-4)9-7-13/h6-10,21H,5H2,1-4H3/b16-10-. The van der Waals surface area contributed by atoms with Crippen LogP contribution in [0, 0.1) is 13.8 Å². The van der Waals surface area contributed by atoms with Gasteiger partial charge in [0.25, 0.3) is 0 Å². The lowest BCUT2D eigenvalue weighted by atomic mass is 10.1. The Labute approximate surface area is 156 Å². The number of hydrogen-bond donors (Lipinski definition) is 1. The van der Waals surface area contributed by atoms with Crippen molar-refractivity contribution in [1.29, 1.82) is 0 Å². The molecular weight excluding hydrogens is 348 g/mol. The number of aliphatic imine (C=N–C) groups is 1. The zero-order valence-corrected chi connectivity index (χ0v) is 15.6. The fourth-order valence-corrected chi connectivity index (χ4v) is 2.83. The molecule has 1 aliphatic heterocycles. The first kappa shape index (κ1) is 18.4. The fraction of sp³-hybridized carbons (Fsp3) is 0.250. The molecule has 0 fully saturated rings. The lowest BCUT2D eigenvalue weighted by molar-refractivity contribution is -0.129. The predicted octanol–water partition coefficient (Wildman–Crippen LogP) is 3.16. The monoisotopic (exact) mass is 368 g/mol. The van der Waals surface area contributed by atoms with Crippen LogP contribution < -0.4 is 4.74 Å². The molecule has 2 heterocycles. The SMILES string of the molecule is CCOC(=O)c1c(C)[nH]c(/C=C2\N=C(c3ccc(OC)cc3)OC2=O)c1C. The van der Waals surface area contributed by atoms with Gasteiger partial charge in [-0.2, -0.15) is 0 Å². The van der Waals surface area contributed by atoms with Gasteiger partial charge in [0.2, 0.25) is 5.90 Å². The highest BCUT2D eigenvalue weighted by atomic mass is 16.6. The van der Waals surface area contributed by atoms with Crippen LogP contribution in [-0.4, -0.2) is 36.5 Å². The van der Waals surface area contributed by atoms with Crippen molar-refractivity contribution >= 4 is 23.9 Å². The van der Waals surface area contributed by atoms with Gasteiger partial charge in [0, 0.05) is 17.0 Å². The Morgan fingerprint density at radius 1 is 1.26 bits per heavy atom. The zero-order valence-electron chi connectivity index (χ0n) is 15.6. The van der Waals surface area contributed by atoms with Crippen molar-refractivity contribution in [3.63, 3.8) is 0 Å². The van der Waals surface area contributed by atoms with E-state index in [0.29, 0.717) is 40.4 Å². The van der Waals surface area contributed by atoms with E-state index in [2.05, 4.69) is 9.98 Å². The summed E-state index contributed by atoms with van der Waals surface area (Å²) < 4.78 is 15.5. The smallest absolute Gasteiger partial charge is 0.363 e. The van der Waals surface area contributed by atoms with Gasteiger partial charge >= 0.3 is 11.9 Å². The van der Waals surface area contributed by atoms with Gasteiger partial charge in [-0.1, -0.05) is 0 Å². The molecular formula is C20H20N2O5. The summed E-state index contributed by atoms with van der Waals surface area (Å²) in [5, 5.41) is 0. The molecule has 0 aliphatic carbocycles. The first-order valence-corrected chi connectivity index (χ1v) is 8.47. The number of aromatic nitrogens is 1. The van der Waals surface area contributed by atoms with Gasteiger partial charge in [-0.05, 0) is 56.7 Å². The number of cyclic esters (lactones) is 1. The summed E-state index contributed by atoms with van der Waals surface area (Å²) in [5.41, 5.74) is 3.26. The molecule has 1 aromatic heterocycles. The molecule has 0 spiro atoms. The van der Waals surface area contributed by atoms with Crippen LogP contribution in [0.2, 0.25) is 0 Å². The van der Waals surface area contributed by atoms with E-state index in [0.717, 1.165) is 0 Å². The molecule has 27 heavy (non-hydrogen) atoms. The van der Waals surface area contributed by atoms with Crippen LogP contribution in [-0.2, 0) is 14.3 Å². The number of esters is 2. The molecule has 7 nitrogen and oxygen atoms in total. The maximum atomic E-state index is 12.2. The van der Waals surface area contributed by atoms with Gasteiger partial charge < -0.3 is 19.2 Å². The van der Waals surface area contributed by atoms with Gasteiger partial charge in [-0.25, -0.2) is 14.6 Å². The molecule has 0 saturated heterocycles. The first-order chi connectivity index (χ1) is 12.9. The van der Waals surface area contributed by atoms with Gasteiger partial charge in [0.15, 0.2) is 5.70 Å². The van der Waals surface area contributed by atoms with Crippen molar-refractivity contribution in [2.24, 2.45) is 4.99 Å². The van der Waals surface area contributed by atoms with E-state index in [1.807, 2.05) is 0 Å². The molecule has 7 heteroatoms. The van der Waals surface area contributed by atoms with Crippen molar-refractivity contribution in [2.75, 3.05) is 13.7 Å². The molecule has 0 bridgehead atoms. The van der Waals surface area contributed by atoms with E-state index in [1.54, 1.807) is 58.2 Å². The maximum absolute atomic E-state index is 12.2. The molecule has 2 aromatic rings. The average molecular weight is 368 g/mol. The minimum Gasteiger partial charge on any atom is -0.497 e. The van der Waals surface area contributed by atoms with Crippen molar-refractivity contribution in [1.82, 2.24) is 4.98 Å². The second kappa shape index (κ2) is 7.49. The summed E-state index contributed by atoms with van der Waals surface area (Å²) in [6.45, 7) is 5.61. The minimum atomic E-state index is -0.551. The van der Waals surface area contributed by atoms with Gasteiger partial charge in [-0.3, -0.25) is 0 Å². The van der Waals surface area contributed by atoms with Crippen molar-refractivity contribution in [2.45, 2.75) is 20.8 Å². The van der Waals surface area contributed by atoms with Crippen molar-refractivity contribution < 1.29 is 23.8 Å². The lowest BCUT2D eigenvalue weighted by Gasteiger charge is -2.01. The topological polar surface area (TPSA) is 90.0 Å². The van der Waals surface area contributed by atoms with Crippen molar-refractivity contribution in [3.8, 4) is 5.75 Å². The Balaban J connectivity index is 1.92. The van der Waals surface area contributed by atoms with Gasteiger partial charge in [0.05, 0.1) is 19.3 Å². The largest absolute Gasteiger partial charge is 0.497 e. The summed E-state index contributed by atoms with van der Waals surface area (Å²) in [6, 6.07) is 7.04. The highest BCUT2D eigenvalue weighted by molar-refractivity contribution is 6.13. The Hall–Kier alpha value is -3.35. The molecule has 1 aromatic carbocycles. The molecule has 140 valence electrons. The number of methoxy groups -OCH3 is 1. The maximum Gasteiger partial charge on any atom is 0.363 e. The van der Waals surface area contributed by atoms with Gasteiger partial charge in [-0.15, -0.1) is 0 Å².